The van der Waals surface area contributed by atoms with Gasteiger partial charge in [-0.25, -0.2) is 4.79 Å². The van der Waals surface area contributed by atoms with E-state index in [-0.39, 0.29) is 11.4 Å². The van der Waals surface area contributed by atoms with E-state index in [2.05, 4.69) is 10.4 Å². The van der Waals surface area contributed by atoms with Crippen LogP contribution in [0.4, 0.5) is 10.5 Å². The predicted molar refractivity (Wildman–Crippen MR) is 95.9 cm³/mol. The van der Waals surface area contributed by atoms with Gasteiger partial charge in [0.25, 0.3) is 0 Å². The molecule has 1 atom stereocenters. The van der Waals surface area contributed by atoms with Crippen LogP contribution in [0.25, 0.3) is 0 Å². The molecule has 3 heterocycles. The Balaban J connectivity index is 1.34. The molecule has 25 heavy (non-hydrogen) atoms. The highest BCUT2D eigenvalue weighted by atomic mass is 35.5. The first-order valence-corrected chi connectivity index (χ1v) is 8.90. The summed E-state index contributed by atoms with van der Waals surface area (Å²) in [4.78, 5) is 14.4. The van der Waals surface area contributed by atoms with Crippen molar-refractivity contribution in [1.82, 2.24) is 14.7 Å². The minimum absolute atomic E-state index is 0.0604. The molecule has 2 aliphatic rings. The van der Waals surface area contributed by atoms with Crippen LogP contribution >= 0.6 is 11.6 Å². The number of anilines is 1. The second-order valence-corrected chi connectivity index (χ2v) is 7.39. The van der Waals surface area contributed by atoms with Gasteiger partial charge in [-0.15, -0.1) is 0 Å². The first-order valence-electron chi connectivity index (χ1n) is 8.53. The van der Waals surface area contributed by atoms with Crippen LogP contribution in [0, 0.1) is 5.41 Å². The second-order valence-electron chi connectivity index (χ2n) is 6.96. The average molecular weight is 361 g/mol. The molecule has 132 valence electrons. The molecule has 1 spiro atoms. The third-order valence-electron chi connectivity index (χ3n) is 5.05. The first-order chi connectivity index (χ1) is 12.1. The average Bonchev–Trinajstić information content (AvgIpc) is 3.33. The molecule has 2 fully saturated rings. The molecular formula is C18H21ClN4O2. The van der Waals surface area contributed by atoms with Gasteiger partial charge in [-0.2, -0.15) is 5.10 Å². The largest absolute Gasteiger partial charge is 0.381 e. The third-order valence-corrected chi connectivity index (χ3v) is 5.30. The molecule has 0 aliphatic carbocycles. The normalized spacial score (nSPS) is 22.7. The monoisotopic (exact) mass is 360 g/mol. The molecule has 2 aliphatic heterocycles. The van der Waals surface area contributed by atoms with Crippen LogP contribution in [-0.4, -0.2) is 47.0 Å². The summed E-state index contributed by atoms with van der Waals surface area (Å²) in [6.45, 7) is 3.78. The molecule has 2 amide bonds. The first kappa shape index (κ1) is 16.4. The van der Waals surface area contributed by atoms with Crippen LogP contribution in [0.15, 0.2) is 36.7 Å². The van der Waals surface area contributed by atoms with Gasteiger partial charge in [0.2, 0.25) is 0 Å². The fourth-order valence-corrected chi connectivity index (χ4v) is 3.70. The lowest BCUT2D eigenvalue weighted by Gasteiger charge is -2.21. The fourth-order valence-electron chi connectivity index (χ4n) is 3.57. The van der Waals surface area contributed by atoms with Crippen molar-refractivity contribution >= 4 is 23.3 Å². The lowest BCUT2D eigenvalue weighted by molar-refractivity contribution is 0.154. The van der Waals surface area contributed by atoms with Crippen LogP contribution in [0.2, 0.25) is 5.02 Å². The molecule has 0 radical (unpaired) electrons. The van der Waals surface area contributed by atoms with E-state index in [0.717, 1.165) is 44.7 Å². The zero-order valence-electron chi connectivity index (χ0n) is 13.9. The number of nitrogens with one attached hydrogen (secondary N) is 1. The number of aromatic nitrogens is 2. The SMILES string of the molecule is O=C(Nc1cnn(Cc2ccc(Cl)cc2)c1)N1CCC2(CCOC2)C1. The molecule has 6 nitrogen and oxygen atoms in total. The Labute approximate surface area is 151 Å². The van der Waals surface area contributed by atoms with Gasteiger partial charge in [-0.05, 0) is 30.5 Å². The quantitative estimate of drug-likeness (QED) is 0.914. The molecule has 0 bridgehead atoms. The van der Waals surface area contributed by atoms with Gasteiger partial charge in [-0.1, -0.05) is 23.7 Å². The zero-order chi connectivity index (χ0) is 17.3. The topological polar surface area (TPSA) is 59.4 Å². The molecule has 1 unspecified atom stereocenters. The molecule has 1 aromatic carbocycles. The molecule has 1 N–H and O–H groups in total. The highest BCUT2D eigenvalue weighted by molar-refractivity contribution is 6.30. The Morgan fingerprint density at radius 1 is 1.32 bits per heavy atom. The van der Waals surface area contributed by atoms with Gasteiger partial charge in [-0.3, -0.25) is 4.68 Å². The van der Waals surface area contributed by atoms with E-state index in [4.69, 9.17) is 16.3 Å². The maximum atomic E-state index is 12.5. The molecule has 2 aromatic rings. The maximum Gasteiger partial charge on any atom is 0.321 e. The van der Waals surface area contributed by atoms with Crippen molar-refractivity contribution in [3.8, 4) is 0 Å². The minimum Gasteiger partial charge on any atom is -0.381 e. The Morgan fingerprint density at radius 2 is 2.16 bits per heavy atom. The number of amides is 2. The number of benzene rings is 1. The standard InChI is InChI=1S/C18H21ClN4O2/c19-15-3-1-14(2-4-15)10-23-11-16(9-20-23)21-17(24)22-7-5-18(12-22)6-8-25-13-18/h1-4,9,11H,5-8,10,12-13H2,(H,21,24). The Morgan fingerprint density at radius 3 is 2.92 bits per heavy atom. The summed E-state index contributed by atoms with van der Waals surface area (Å²) in [7, 11) is 0. The van der Waals surface area contributed by atoms with Gasteiger partial charge in [0, 0.05) is 36.3 Å². The molecule has 0 saturated carbocycles. The highest BCUT2D eigenvalue weighted by Gasteiger charge is 2.42. The number of likely N-dealkylation sites (tertiary alicyclic amines) is 1. The minimum atomic E-state index is -0.0604. The number of ether oxygens (including phenoxy) is 1. The van der Waals surface area contributed by atoms with E-state index in [9.17, 15) is 4.79 Å². The van der Waals surface area contributed by atoms with Crippen molar-refractivity contribution < 1.29 is 9.53 Å². The van der Waals surface area contributed by atoms with Crippen molar-refractivity contribution in [2.75, 3.05) is 31.6 Å². The molecule has 7 heteroatoms. The molecule has 4 rings (SSSR count). The van der Waals surface area contributed by atoms with E-state index in [1.54, 1.807) is 10.9 Å². The van der Waals surface area contributed by atoms with Crippen molar-refractivity contribution in [2.24, 2.45) is 5.41 Å². The number of carbonyl (C=O) groups is 1. The van der Waals surface area contributed by atoms with E-state index < -0.39 is 0 Å². The van der Waals surface area contributed by atoms with Crippen LogP contribution in [-0.2, 0) is 11.3 Å². The van der Waals surface area contributed by atoms with E-state index in [1.165, 1.54) is 0 Å². The lowest BCUT2D eigenvalue weighted by Crippen LogP contribution is -2.35. The number of urea groups is 1. The van der Waals surface area contributed by atoms with Crippen molar-refractivity contribution in [1.29, 1.82) is 0 Å². The van der Waals surface area contributed by atoms with Crippen LogP contribution in [0.1, 0.15) is 18.4 Å². The smallest absolute Gasteiger partial charge is 0.321 e. The maximum absolute atomic E-state index is 12.5. The number of hydrogen-bond acceptors (Lipinski definition) is 3. The Hall–Kier alpha value is -2.05. The van der Waals surface area contributed by atoms with E-state index in [0.29, 0.717) is 17.3 Å². The third kappa shape index (κ3) is 3.65. The zero-order valence-corrected chi connectivity index (χ0v) is 14.7. The highest BCUT2D eigenvalue weighted by Crippen LogP contribution is 2.38. The lowest BCUT2D eigenvalue weighted by atomic mass is 9.87. The number of rotatable bonds is 3. The summed E-state index contributed by atoms with van der Waals surface area (Å²) >= 11 is 5.90. The van der Waals surface area contributed by atoms with Crippen molar-refractivity contribution in [3.63, 3.8) is 0 Å². The summed E-state index contributed by atoms with van der Waals surface area (Å²) in [5.74, 6) is 0. The Kier molecular flexibility index (Phi) is 4.39. The Bertz CT molecular complexity index is 753. The fraction of sp³-hybridized carbons (Fsp3) is 0.444. The van der Waals surface area contributed by atoms with Gasteiger partial charge in [0.05, 0.1) is 25.0 Å². The summed E-state index contributed by atoms with van der Waals surface area (Å²) in [5, 5.41) is 7.98. The van der Waals surface area contributed by atoms with Gasteiger partial charge in [0.1, 0.15) is 0 Å². The molecular weight excluding hydrogens is 340 g/mol. The van der Waals surface area contributed by atoms with Crippen molar-refractivity contribution in [3.05, 3.63) is 47.2 Å². The van der Waals surface area contributed by atoms with Crippen LogP contribution in [0.3, 0.4) is 0 Å². The number of nitrogens with zero attached hydrogens (tertiary/aromatic N) is 3. The number of halogens is 1. The summed E-state index contributed by atoms with van der Waals surface area (Å²) in [6, 6.07) is 7.60. The summed E-state index contributed by atoms with van der Waals surface area (Å²) < 4.78 is 7.32. The predicted octanol–water partition coefficient (Wildman–Crippen LogP) is 3.23. The van der Waals surface area contributed by atoms with Crippen LogP contribution in [0.5, 0.6) is 0 Å². The molecule has 2 saturated heterocycles. The molecule has 1 aromatic heterocycles. The number of hydrogen-bond donors (Lipinski definition) is 1. The van der Waals surface area contributed by atoms with Gasteiger partial charge in [0.15, 0.2) is 0 Å². The van der Waals surface area contributed by atoms with E-state index in [1.807, 2.05) is 35.4 Å². The van der Waals surface area contributed by atoms with E-state index >= 15 is 0 Å². The number of carbonyl (C=O) groups excluding carboxylic acids is 1. The second kappa shape index (κ2) is 6.69. The summed E-state index contributed by atoms with van der Waals surface area (Å²) in [5.41, 5.74) is 1.99. The van der Waals surface area contributed by atoms with Gasteiger partial charge < -0.3 is 15.0 Å². The van der Waals surface area contributed by atoms with Crippen LogP contribution < -0.4 is 5.32 Å². The van der Waals surface area contributed by atoms with Gasteiger partial charge >= 0.3 is 6.03 Å². The summed E-state index contributed by atoms with van der Waals surface area (Å²) in [6.07, 6.45) is 5.60. The van der Waals surface area contributed by atoms with Crippen molar-refractivity contribution in [2.45, 2.75) is 19.4 Å².